The minimum Gasteiger partial charge on any atom is -0.482 e. The fraction of sp³-hybridized carbons (Fsp3) is 0.200. The maximum atomic E-state index is 11.2. The smallest absolute Gasteiger partial charge is 0.339 e. The molecule has 4 heteroatoms. The fourth-order valence-electron chi connectivity index (χ4n) is 1.82. The highest BCUT2D eigenvalue weighted by molar-refractivity contribution is 5.90. The normalized spacial score (nSPS) is 11.1. The summed E-state index contributed by atoms with van der Waals surface area (Å²) >= 11 is 0. The van der Waals surface area contributed by atoms with Crippen LogP contribution >= 0.6 is 0 Å². The largest absolute Gasteiger partial charge is 0.482 e. The Kier molecular flexibility index (Phi) is 3.51. The quantitative estimate of drug-likeness (QED) is 0.914. The number of ether oxygens (including phenoxy) is 1. The van der Waals surface area contributed by atoms with E-state index in [9.17, 15) is 4.79 Å². The first-order valence-electron chi connectivity index (χ1n) is 5.92. The molecular formula is C15H15NO3. The van der Waals surface area contributed by atoms with Crippen molar-refractivity contribution in [2.24, 2.45) is 0 Å². The van der Waals surface area contributed by atoms with Crippen LogP contribution in [0.4, 0.5) is 0 Å². The molecule has 98 valence electrons. The molecule has 0 amide bonds. The molecule has 1 N–H and O–H groups in total. The molecular weight excluding hydrogens is 242 g/mol. The second-order valence-electron chi connectivity index (χ2n) is 4.65. The van der Waals surface area contributed by atoms with Crippen LogP contribution < -0.4 is 4.74 Å². The molecule has 0 spiro atoms. The van der Waals surface area contributed by atoms with Crippen LogP contribution in [-0.2, 0) is 5.60 Å². The van der Waals surface area contributed by atoms with Gasteiger partial charge in [-0.3, -0.25) is 4.98 Å². The molecule has 0 unspecified atom stereocenters. The van der Waals surface area contributed by atoms with Crippen molar-refractivity contribution in [3.8, 4) is 5.75 Å². The Morgan fingerprint density at radius 2 is 1.79 bits per heavy atom. The first kappa shape index (κ1) is 13.1. The summed E-state index contributed by atoms with van der Waals surface area (Å²) < 4.78 is 5.87. The van der Waals surface area contributed by atoms with Gasteiger partial charge in [0.05, 0.1) is 0 Å². The van der Waals surface area contributed by atoms with E-state index in [0.717, 1.165) is 5.56 Å². The molecule has 1 aromatic heterocycles. The number of carboxylic acid groups (broad SMARTS) is 1. The highest BCUT2D eigenvalue weighted by atomic mass is 16.5. The van der Waals surface area contributed by atoms with Gasteiger partial charge in [0.1, 0.15) is 16.9 Å². The maximum absolute atomic E-state index is 11.2. The zero-order chi connectivity index (χ0) is 13.9. The van der Waals surface area contributed by atoms with Gasteiger partial charge >= 0.3 is 5.97 Å². The standard InChI is InChI=1S/C15H15NO3/c1-15(2,11-7-9-16-10-8-11)19-13-6-4-3-5-12(13)14(17)18/h3-10H,1-2H3,(H,17,18). The lowest BCUT2D eigenvalue weighted by molar-refractivity contribution is 0.0672. The van der Waals surface area contributed by atoms with E-state index in [2.05, 4.69) is 4.98 Å². The average molecular weight is 257 g/mol. The molecule has 0 fully saturated rings. The summed E-state index contributed by atoms with van der Waals surface area (Å²) in [6, 6.07) is 10.3. The Morgan fingerprint density at radius 1 is 1.16 bits per heavy atom. The summed E-state index contributed by atoms with van der Waals surface area (Å²) in [5.74, 6) is -0.641. The predicted molar refractivity (Wildman–Crippen MR) is 71.3 cm³/mol. The number of aromatic nitrogens is 1. The number of aromatic carboxylic acids is 1. The van der Waals surface area contributed by atoms with Gasteiger partial charge in [0.25, 0.3) is 0 Å². The molecule has 0 saturated carbocycles. The lowest BCUT2D eigenvalue weighted by atomic mass is 9.99. The zero-order valence-corrected chi connectivity index (χ0v) is 10.8. The number of benzene rings is 1. The SMILES string of the molecule is CC(C)(Oc1ccccc1C(=O)O)c1ccncc1. The van der Waals surface area contributed by atoms with Gasteiger partial charge < -0.3 is 9.84 Å². The summed E-state index contributed by atoms with van der Waals surface area (Å²) in [4.78, 5) is 15.1. The van der Waals surface area contributed by atoms with Crippen LogP contribution in [0.5, 0.6) is 5.75 Å². The highest BCUT2D eigenvalue weighted by Gasteiger charge is 2.24. The van der Waals surface area contributed by atoms with Crippen LogP contribution in [0.1, 0.15) is 29.8 Å². The Balaban J connectivity index is 2.33. The van der Waals surface area contributed by atoms with Crippen LogP contribution in [0.2, 0.25) is 0 Å². The van der Waals surface area contributed by atoms with E-state index in [0.29, 0.717) is 5.75 Å². The first-order chi connectivity index (χ1) is 9.00. The molecule has 0 aliphatic carbocycles. The van der Waals surface area contributed by atoms with Crippen LogP contribution in [0.15, 0.2) is 48.8 Å². The van der Waals surface area contributed by atoms with Gasteiger partial charge in [-0.15, -0.1) is 0 Å². The van der Waals surface area contributed by atoms with Crippen molar-refractivity contribution in [1.29, 1.82) is 0 Å². The number of carbonyl (C=O) groups is 1. The van der Waals surface area contributed by atoms with Crippen LogP contribution in [0, 0.1) is 0 Å². The number of hydrogen-bond donors (Lipinski definition) is 1. The lowest BCUT2D eigenvalue weighted by Gasteiger charge is -2.27. The molecule has 2 rings (SSSR count). The second kappa shape index (κ2) is 5.10. The van der Waals surface area contributed by atoms with Gasteiger partial charge in [-0.2, -0.15) is 0 Å². The van der Waals surface area contributed by atoms with Gasteiger partial charge in [0, 0.05) is 12.4 Å². The third kappa shape index (κ3) is 2.91. The predicted octanol–water partition coefficient (Wildman–Crippen LogP) is 3.09. The monoisotopic (exact) mass is 257 g/mol. The number of rotatable bonds is 4. The summed E-state index contributed by atoms with van der Waals surface area (Å²) in [6.07, 6.45) is 3.37. The molecule has 19 heavy (non-hydrogen) atoms. The van der Waals surface area contributed by atoms with E-state index in [-0.39, 0.29) is 5.56 Å². The maximum Gasteiger partial charge on any atom is 0.339 e. The number of para-hydroxylation sites is 1. The second-order valence-corrected chi connectivity index (χ2v) is 4.65. The molecule has 1 heterocycles. The van der Waals surface area contributed by atoms with E-state index in [1.807, 2.05) is 26.0 Å². The molecule has 0 radical (unpaired) electrons. The summed E-state index contributed by atoms with van der Waals surface area (Å²) in [5, 5.41) is 9.14. The topological polar surface area (TPSA) is 59.4 Å². The number of nitrogens with zero attached hydrogens (tertiary/aromatic N) is 1. The van der Waals surface area contributed by atoms with Crippen molar-refractivity contribution in [3.63, 3.8) is 0 Å². The van der Waals surface area contributed by atoms with Crippen molar-refractivity contribution in [2.45, 2.75) is 19.4 Å². The Bertz CT molecular complexity index is 579. The van der Waals surface area contributed by atoms with Crippen molar-refractivity contribution in [2.75, 3.05) is 0 Å². The molecule has 0 aliphatic rings. The van der Waals surface area contributed by atoms with E-state index < -0.39 is 11.6 Å². The Labute approximate surface area is 111 Å². The molecule has 0 aliphatic heterocycles. The van der Waals surface area contributed by atoms with Crippen molar-refractivity contribution in [3.05, 3.63) is 59.9 Å². The van der Waals surface area contributed by atoms with E-state index >= 15 is 0 Å². The van der Waals surface area contributed by atoms with Crippen LogP contribution in [0.3, 0.4) is 0 Å². The third-order valence-corrected chi connectivity index (χ3v) is 2.86. The zero-order valence-electron chi connectivity index (χ0n) is 10.8. The summed E-state index contributed by atoms with van der Waals surface area (Å²) in [7, 11) is 0. The average Bonchev–Trinajstić information content (AvgIpc) is 2.39. The van der Waals surface area contributed by atoms with Crippen LogP contribution in [0.25, 0.3) is 0 Å². The fourth-order valence-corrected chi connectivity index (χ4v) is 1.82. The number of pyridine rings is 1. The van der Waals surface area contributed by atoms with Crippen molar-refractivity contribution >= 4 is 5.97 Å². The molecule has 0 saturated heterocycles. The minimum atomic E-state index is -0.999. The third-order valence-electron chi connectivity index (χ3n) is 2.86. The molecule has 0 bridgehead atoms. The summed E-state index contributed by atoms with van der Waals surface area (Å²) in [5.41, 5.74) is 0.460. The van der Waals surface area contributed by atoms with E-state index in [4.69, 9.17) is 9.84 Å². The number of hydrogen-bond acceptors (Lipinski definition) is 3. The molecule has 0 atom stereocenters. The lowest BCUT2D eigenvalue weighted by Crippen LogP contribution is -2.26. The van der Waals surface area contributed by atoms with Crippen molar-refractivity contribution in [1.82, 2.24) is 4.98 Å². The van der Waals surface area contributed by atoms with Gasteiger partial charge in [0.15, 0.2) is 0 Å². The van der Waals surface area contributed by atoms with Crippen molar-refractivity contribution < 1.29 is 14.6 Å². The highest BCUT2D eigenvalue weighted by Crippen LogP contribution is 2.29. The molecule has 4 nitrogen and oxygen atoms in total. The Morgan fingerprint density at radius 3 is 2.42 bits per heavy atom. The van der Waals surface area contributed by atoms with Crippen LogP contribution in [-0.4, -0.2) is 16.1 Å². The van der Waals surface area contributed by atoms with E-state index in [1.54, 1.807) is 30.6 Å². The van der Waals surface area contributed by atoms with Gasteiger partial charge in [-0.05, 0) is 43.7 Å². The molecule has 1 aromatic carbocycles. The number of carboxylic acids is 1. The van der Waals surface area contributed by atoms with E-state index in [1.165, 1.54) is 6.07 Å². The van der Waals surface area contributed by atoms with Gasteiger partial charge in [0.2, 0.25) is 0 Å². The first-order valence-corrected chi connectivity index (χ1v) is 5.92. The van der Waals surface area contributed by atoms with Gasteiger partial charge in [-0.25, -0.2) is 4.79 Å². The Hall–Kier alpha value is -2.36. The van der Waals surface area contributed by atoms with Gasteiger partial charge in [-0.1, -0.05) is 12.1 Å². The minimum absolute atomic E-state index is 0.157. The summed E-state index contributed by atoms with van der Waals surface area (Å²) in [6.45, 7) is 3.78. The molecule has 2 aromatic rings.